The van der Waals surface area contributed by atoms with Crippen LogP contribution in [0.4, 0.5) is 11.5 Å². The van der Waals surface area contributed by atoms with Crippen molar-refractivity contribution >= 4 is 17.5 Å². The van der Waals surface area contributed by atoms with Gasteiger partial charge in [-0.1, -0.05) is 5.10 Å². The molecule has 0 aliphatic rings. The molecular formula is C9H14N4O4. The molecule has 0 aliphatic heterocycles. The normalized spacial score (nSPS) is 10.0. The van der Waals surface area contributed by atoms with Gasteiger partial charge in [-0.2, -0.15) is 0 Å². The Morgan fingerprint density at radius 3 is 2.94 bits per heavy atom. The maximum Gasteiger partial charge on any atom is 0.366 e. The van der Waals surface area contributed by atoms with Gasteiger partial charge in [-0.15, -0.1) is 5.10 Å². The summed E-state index contributed by atoms with van der Waals surface area (Å²) in [6.45, 7) is 2.73. The van der Waals surface area contributed by atoms with Crippen molar-refractivity contribution in [3.8, 4) is 0 Å². The zero-order valence-corrected chi connectivity index (χ0v) is 9.67. The van der Waals surface area contributed by atoms with Gasteiger partial charge < -0.3 is 19.8 Å². The predicted molar refractivity (Wildman–Crippen MR) is 59.8 cm³/mol. The molecule has 0 aromatic carbocycles. The van der Waals surface area contributed by atoms with Gasteiger partial charge in [0.1, 0.15) is 6.20 Å². The number of ether oxygens (including phenoxy) is 1. The molecule has 0 bridgehead atoms. The van der Waals surface area contributed by atoms with E-state index in [0.717, 1.165) is 0 Å². The smallest absolute Gasteiger partial charge is 0.366 e. The largest absolute Gasteiger partial charge is 0.469 e. The number of hydrogen-bond acceptors (Lipinski definition) is 6. The minimum absolute atomic E-state index is 0.170. The van der Waals surface area contributed by atoms with E-state index in [1.54, 1.807) is 4.90 Å². The van der Waals surface area contributed by atoms with Crippen LogP contribution in [0, 0.1) is 10.1 Å². The number of rotatable bonds is 6. The molecule has 0 unspecified atom stereocenters. The number of nitro groups is 1. The van der Waals surface area contributed by atoms with E-state index in [4.69, 9.17) is 0 Å². The zero-order chi connectivity index (χ0) is 12.8. The lowest BCUT2D eigenvalue weighted by Crippen LogP contribution is -2.26. The first kappa shape index (κ1) is 12.9. The van der Waals surface area contributed by atoms with Gasteiger partial charge in [0.25, 0.3) is 0 Å². The Bertz CT molecular complexity index is 403. The van der Waals surface area contributed by atoms with Gasteiger partial charge >= 0.3 is 11.8 Å². The summed E-state index contributed by atoms with van der Waals surface area (Å²) in [6, 6.07) is 0. The Morgan fingerprint density at radius 1 is 1.71 bits per heavy atom. The molecular weight excluding hydrogens is 228 g/mol. The Balaban J connectivity index is 2.76. The topological polar surface area (TPSA) is 101 Å². The maximum absolute atomic E-state index is 11.0. The Kier molecular flexibility index (Phi) is 4.44. The lowest BCUT2D eigenvalue weighted by Gasteiger charge is -2.19. The first-order chi connectivity index (χ1) is 8.10. The van der Waals surface area contributed by atoms with E-state index in [2.05, 4.69) is 14.9 Å². The molecule has 1 heterocycles. The second-order valence-electron chi connectivity index (χ2n) is 3.27. The van der Waals surface area contributed by atoms with E-state index >= 15 is 0 Å². The number of esters is 1. The molecule has 8 heteroatoms. The second-order valence-corrected chi connectivity index (χ2v) is 3.27. The van der Waals surface area contributed by atoms with Gasteiger partial charge in [0.05, 0.1) is 13.5 Å². The van der Waals surface area contributed by atoms with Crippen LogP contribution in [0.15, 0.2) is 6.20 Å². The Hall–Kier alpha value is -2.12. The number of anilines is 1. The average Bonchev–Trinajstić information content (AvgIpc) is 2.78. The summed E-state index contributed by atoms with van der Waals surface area (Å²) in [5.74, 6) is -0.522. The fraction of sp³-hybridized carbons (Fsp3) is 0.556. The maximum atomic E-state index is 11.0. The molecule has 17 heavy (non-hydrogen) atoms. The molecule has 0 saturated heterocycles. The molecule has 0 atom stereocenters. The lowest BCUT2D eigenvalue weighted by atomic mass is 10.3. The van der Waals surface area contributed by atoms with E-state index in [0.29, 0.717) is 18.8 Å². The van der Waals surface area contributed by atoms with Crippen molar-refractivity contribution in [2.45, 2.75) is 13.3 Å². The van der Waals surface area contributed by atoms with Gasteiger partial charge in [0, 0.05) is 13.1 Å². The highest BCUT2D eigenvalue weighted by Gasteiger charge is 2.20. The minimum atomic E-state index is -0.539. The molecule has 0 aliphatic carbocycles. The average molecular weight is 242 g/mol. The second kappa shape index (κ2) is 5.83. The number of hydrogen-bond donors (Lipinski definition) is 1. The van der Waals surface area contributed by atoms with Crippen LogP contribution in [-0.4, -0.2) is 41.3 Å². The standard InChI is InChI=1S/C9H14N4O4/c1-3-12(5-4-8(14)17-2)7-6-10-11-9(7)13(15)16/h6H,3-5H2,1-2H3,(H,10,11). The van der Waals surface area contributed by atoms with Crippen molar-refractivity contribution in [1.29, 1.82) is 0 Å². The molecule has 8 nitrogen and oxygen atoms in total. The number of carbonyl (C=O) groups excluding carboxylic acids is 1. The van der Waals surface area contributed by atoms with Crippen LogP contribution in [0.1, 0.15) is 13.3 Å². The molecule has 1 aromatic rings. The SMILES string of the molecule is CCN(CCC(=O)OC)c1cn[nH]c1[N+](=O)[O-]. The molecule has 1 rings (SSSR count). The quantitative estimate of drug-likeness (QED) is 0.447. The van der Waals surface area contributed by atoms with Gasteiger partial charge in [-0.25, -0.2) is 0 Å². The summed E-state index contributed by atoms with van der Waals surface area (Å²) < 4.78 is 4.52. The highest BCUT2D eigenvalue weighted by atomic mass is 16.6. The summed E-state index contributed by atoms with van der Waals surface area (Å²) in [5.41, 5.74) is 0.376. The number of nitrogens with zero attached hydrogens (tertiary/aromatic N) is 3. The Morgan fingerprint density at radius 2 is 2.41 bits per heavy atom. The first-order valence-electron chi connectivity index (χ1n) is 5.09. The van der Waals surface area contributed by atoms with Crippen molar-refractivity contribution in [2.75, 3.05) is 25.1 Å². The molecule has 0 radical (unpaired) electrons. The predicted octanol–water partition coefficient (Wildman–Crippen LogP) is 0.707. The van der Waals surface area contributed by atoms with Crippen molar-refractivity contribution in [2.24, 2.45) is 0 Å². The lowest BCUT2D eigenvalue weighted by molar-refractivity contribution is -0.388. The van der Waals surface area contributed by atoms with Crippen molar-refractivity contribution in [3.63, 3.8) is 0 Å². The third kappa shape index (κ3) is 3.16. The van der Waals surface area contributed by atoms with Gasteiger partial charge in [0.15, 0.2) is 5.69 Å². The van der Waals surface area contributed by atoms with E-state index in [1.807, 2.05) is 6.92 Å². The Labute approximate surface area is 97.7 Å². The van der Waals surface area contributed by atoms with Crippen LogP contribution in [-0.2, 0) is 9.53 Å². The van der Waals surface area contributed by atoms with Crippen LogP contribution in [0.25, 0.3) is 0 Å². The molecule has 94 valence electrons. The van der Waals surface area contributed by atoms with Gasteiger partial charge in [0.2, 0.25) is 0 Å². The summed E-state index contributed by atoms with van der Waals surface area (Å²) in [6.07, 6.45) is 1.55. The molecule has 0 spiro atoms. The van der Waals surface area contributed by atoms with Crippen molar-refractivity contribution in [1.82, 2.24) is 10.2 Å². The van der Waals surface area contributed by atoms with Crippen molar-refractivity contribution in [3.05, 3.63) is 16.3 Å². The van der Waals surface area contributed by atoms with Crippen LogP contribution < -0.4 is 4.90 Å². The number of aromatic amines is 1. The third-order valence-corrected chi connectivity index (χ3v) is 2.32. The van der Waals surface area contributed by atoms with Crippen LogP contribution >= 0.6 is 0 Å². The first-order valence-corrected chi connectivity index (χ1v) is 5.09. The number of aromatic nitrogens is 2. The molecule has 0 fully saturated rings. The molecule has 0 saturated carbocycles. The fourth-order valence-corrected chi connectivity index (χ4v) is 1.42. The van der Waals surface area contributed by atoms with Crippen LogP contribution in [0.2, 0.25) is 0 Å². The monoisotopic (exact) mass is 242 g/mol. The van der Waals surface area contributed by atoms with Crippen LogP contribution in [0.5, 0.6) is 0 Å². The molecule has 1 aromatic heterocycles. The van der Waals surface area contributed by atoms with E-state index in [-0.39, 0.29) is 18.2 Å². The van der Waals surface area contributed by atoms with E-state index in [9.17, 15) is 14.9 Å². The van der Waals surface area contributed by atoms with E-state index < -0.39 is 4.92 Å². The minimum Gasteiger partial charge on any atom is -0.469 e. The number of methoxy groups -OCH3 is 1. The summed E-state index contributed by atoms with van der Waals surface area (Å²) >= 11 is 0. The highest BCUT2D eigenvalue weighted by Crippen LogP contribution is 2.24. The van der Waals surface area contributed by atoms with Gasteiger partial charge in [-0.3, -0.25) is 4.79 Å². The van der Waals surface area contributed by atoms with Crippen LogP contribution in [0.3, 0.4) is 0 Å². The third-order valence-electron chi connectivity index (χ3n) is 2.32. The van der Waals surface area contributed by atoms with Gasteiger partial charge in [-0.05, 0) is 11.8 Å². The fourth-order valence-electron chi connectivity index (χ4n) is 1.42. The summed E-state index contributed by atoms with van der Waals surface area (Å²) in [7, 11) is 1.30. The summed E-state index contributed by atoms with van der Waals surface area (Å²) in [4.78, 5) is 22.9. The van der Waals surface area contributed by atoms with Crippen molar-refractivity contribution < 1.29 is 14.5 Å². The molecule has 1 N–H and O–H groups in total. The van der Waals surface area contributed by atoms with E-state index in [1.165, 1.54) is 13.3 Å². The number of nitrogens with one attached hydrogen (secondary N) is 1. The molecule has 0 amide bonds. The number of carbonyl (C=O) groups is 1. The number of H-pyrrole nitrogens is 1. The summed E-state index contributed by atoms with van der Waals surface area (Å²) in [5, 5.41) is 16.7. The zero-order valence-electron chi connectivity index (χ0n) is 9.67. The highest BCUT2D eigenvalue weighted by molar-refractivity contribution is 5.70.